The van der Waals surface area contributed by atoms with Crippen LogP contribution in [0.2, 0.25) is 0 Å². The van der Waals surface area contributed by atoms with Crippen LogP contribution in [0.5, 0.6) is 0 Å². The van der Waals surface area contributed by atoms with E-state index in [1.54, 1.807) is 0 Å². The van der Waals surface area contributed by atoms with E-state index < -0.39 is 11.9 Å². The van der Waals surface area contributed by atoms with Gasteiger partial charge in [-0.25, -0.2) is 0 Å². The molecule has 0 aromatic rings. The van der Waals surface area contributed by atoms with Crippen molar-refractivity contribution >= 4 is 11.9 Å². The van der Waals surface area contributed by atoms with Crippen LogP contribution >= 0.6 is 0 Å². The lowest BCUT2D eigenvalue weighted by Crippen LogP contribution is -2.14. The molecule has 5 heteroatoms. The number of carboxylic acids is 1. The van der Waals surface area contributed by atoms with Crippen molar-refractivity contribution in [2.75, 3.05) is 6.61 Å². The summed E-state index contributed by atoms with van der Waals surface area (Å²) in [7, 11) is 0. The SMILES string of the molecule is CC(C)C[C@H](C#N)CC(=O)OCCC(=O)O. The van der Waals surface area contributed by atoms with E-state index in [1.165, 1.54) is 0 Å². The molecule has 0 spiro atoms. The molecule has 0 aromatic heterocycles. The number of hydrogen-bond donors (Lipinski definition) is 1. The van der Waals surface area contributed by atoms with Crippen molar-refractivity contribution in [3.8, 4) is 6.07 Å². The Hall–Kier alpha value is -1.57. The van der Waals surface area contributed by atoms with E-state index in [4.69, 9.17) is 15.1 Å². The third kappa shape index (κ3) is 7.80. The van der Waals surface area contributed by atoms with Gasteiger partial charge in [0.15, 0.2) is 0 Å². The predicted molar refractivity (Wildman–Crippen MR) is 56.4 cm³/mol. The number of nitriles is 1. The summed E-state index contributed by atoms with van der Waals surface area (Å²) in [5, 5.41) is 17.1. The zero-order valence-electron chi connectivity index (χ0n) is 9.60. The minimum atomic E-state index is -1.01. The molecule has 1 atom stereocenters. The van der Waals surface area contributed by atoms with Gasteiger partial charge in [0.1, 0.15) is 6.61 Å². The van der Waals surface area contributed by atoms with Crippen LogP contribution < -0.4 is 0 Å². The van der Waals surface area contributed by atoms with Gasteiger partial charge in [0, 0.05) is 0 Å². The zero-order chi connectivity index (χ0) is 12.6. The molecular weight excluding hydrogens is 210 g/mol. The highest BCUT2D eigenvalue weighted by Crippen LogP contribution is 2.15. The fraction of sp³-hybridized carbons (Fsp3) is 0.727. The van der Waals surface area contributed by atoms with Crippen LogP contribution in [0.4, 0.5) is 0 Å². The Kier molecular flexibility index (Phi) is 6.93. The molecule has 0 radical (unpaired) electrons. The van der Waals surface area contributed by atoms with E-state index in [0.717, 1.165) is 0 Å². The average molecular weight is 227 g/mol. The van der Waals surface area contributed by atoms with Gasteiger partial charge in [-0.1, -0.05) is 13.8 Å². The Bertz CT molecular complexity index is 280. The molecule has 5 nitrogen and oxygen atoms in total. The van der Waals surface area contributed by atoms with Crippen LogP contribution in [0.15, 0.2) is 0 Å². The summed E-state index contributed by atoms with van der Waals surface area (Å²) < 4.78 is 4.70. The molecule has 0 saturated heterocycles. The largest absolute Gasteiger partial charge is 0.481 e. The van der Waals surface area contributed by atoms with Crippen molar-refractivity contribution in [2.24, 2.45) is 11.8 Å². The van der Waals surface area contributed by atoms with Gasteiger partial charge in [-0.05, 0) is 12.3 Å². The molecule has 0 fully saturated rings. The summed E-state index contributed by atoms with van der Waals surface area (Å²) in [5.41, 5.74) is 0. The molecule has 0 bridgehead atoms. The van der Waals surface area contributed by atoms with Gasteiger partial charge in [-0.2, -0.15) is 5.26 Å². The average Bonchev–Trinajstić information content (AvgIpc) is 2.15. The molecule has 1 N–H and O–H groups in total. The fourth-order valence-corrected chi connectivity index (χ4v) is 1.26. The first-order valence-electron chi connectivity index (χ1n) is 5.22. The van der Waals surface area contributed by atoms with Gasteiger partial charge >= 0.3 is 11.9 Å². The maximum Gasteiger partial charge on any atom is 0.307 e. The Morgan fingerprint density at radius 2 is 2.06 bits per heavy atom. The van der Waals surface area contributed by atoms with Gasteiger partial charge in [0.05, 0.1) is 24.8 Å². The Morgan fingerprint density at radius 3 is 2.50 bits per heavy atom. The van der Waals surface area contributed by atoms with Crippen LogP contribution in [0.25, 0.3) is 0 Å². The first kappa shape index (κ1) is 14.4. The number of nitrogens with zero attached hydrogens (tertiary/aromatic N) is 1. The first-order chi connectivity index (χ1) is 7.45. The van der Waals surface area contributed by atoms with Crippen LogP contribution in [0, 0.1) is 23.2 Å². The molecule has 0 amide bonds. The van der Waals surface area contributed by atoms with E-state index in [2.05, 4.69) is 0 Å². The van der Waals surface area contributed by atoms with E-state index in [-0.39, 0.29) is 25.4 Å². The minimum absolute atomic E-state index is 0.0360. The maximum absolute atomic E-state index is 11.2. The molecular formula is C11H17NO4. The highest BCUT2D eigenvalue weighted by molar-refractivity contribution is 5.71. The van der Waals surface area contributed by atoms with E-state index in [9.17, 15) is 9.59 Å². The maximum atomic E-state index is 11.2. The second-order valence-corrected chi connectivity index (χ2v) is 4.02. The van der Waals surface area contributed by atoms with Crippen molar-refractivity contribution in [1.82, 2.24) is 0 Å². The Morgan fingerprint density at radius 1 is 1.44 bits per heavy atom. The predicted octanol–water partition coefficient (Wildman–Crippen LogP) is 1.58. The van der Waals surface area contributed by atoms with E-state index in [0.29, 0.717) is 12.3 Å². The van der Waals surface area contributed by atoms with Gasteiger partial charge in [-0.15, -0.1) is 0 Å². The van der Waals surface area contributed by atoms with Gasteiger partial charge in [0.2, 0.25) is 0 Å². The Balaban J connectivity index is 3.84. The second-order valence-electron chi connectivity index (χ2n) is 4.02. The van der Waals surface area contributed by atoms with Crippen LogP contribution in [-0.2, 0) is 14.3 Å². The standard InChI is InChI=1S/C11H17NO4/c1-8(2)5-9(7-12)6-11(15)16-4-3-10(13)14/h8-9H,3-6H2,1-2H3,(H,13,14)/t9-/m0/s1. The van der Waals surface area contributed by atoms with Crippen LogP contribution in [0.1, 0.15) is 33.1 Å². The smallest absolute Gasteiger partial charge is 0.307 e. The van der Waals surface area contributed by atoms with Crippen LogP contribution in [-0.4, -0.2) is 23.7 Å². The zero-order valence-corrected chi connectivity index (χ0v) is 9.60. The van der Waals surface area contributed by atoms with Gasteiger partial charge < -0.3 is 9.84 Å². The molecule has 16 heavy (non-hydrogen) atoms. The second kappa shape index (κ2) is 7.69. The molecule has 90 valence electrons. The van der Waals surface area contributed by atoms with Crippen molar-refractivity contribution in [3.63, 3.8) is 0 Å². The summed E-state index contributed by atoms with van der Waals surface area (Å²) in [4.78, 5) is 21.4. The lowest BCUT2D eigenvalue weighted by molar-refractivity contribution is -0.147. The van der Waals surface area contributed by atoms with Gasteiger partial charge in [-0.3, -0.25) is 9.59 Å². The normalized spacial score (nSPS) is 11.9. The quantitative estimate of drug-likeness (QED) is 0.667. The molecule has 0 heterocycles. The molecule has 0 unspecified atom stereocenters. The Labute approximate surface area is 95.0 Å². The monoisotopic (exact) mass is 227 g/mol. The van der Waals surface area contributed by atoms with Crippen molar-refractivity contribution in [3.05, 3.63) is 0 Å². The van der Waals surface area contributed by atoms with E-state index >= 15 is 0 Å². The number of ether oxygens (including phenoxy) is 1. The third-order valence-electron chi connectivity index (χ3n) is 1.93. The number of esters is 1. The summed E-state index contributed by atoms with van der Waals surface area (Å²) >= 11 is 0. The topological polar surface area (TPSA) is 87.4 Å². The third-order valence-corrected chi connectivity index (χ3v) is 1.93. The van der Waals surface area contributed by atoms with Crippen molar-refractivity contribution < 1.29 is 19.4 Å². The molecule has 0 saturated carbocycles. The summed E-state index contributed by atoms with van der Waals surface area (Å²) in [6, 6.07) is 2.05. The number of carbonyl (C=O) groups excluding carboxylic acids is 1. The summed E-state index contributed by atoms with van der Waals surface area (Å²) in [5.74, 6) is -1.52. The lowest BCUT2D eigenvalue weighted by Gasteiger charge is -2.10. The molecule has 0 aliphatic carbocycles. The van der Waals surface area contributed by atoms with Crippen molar-refractivity contribution in [1.29, 1.82) is 5.26 Å². The van der Waals surface area contributed by atoms with Crippen LogP contribution in [0.3, 0.4) is 0 Å². The number of aliphatic carboxylic acids is 1. The number of carboxylic acid groups (broad SMARTS) is 1. The first-order valence-corrected chi connectivity index (χ1v) is 5.22. The highest BCUT2D eigenvalue weighted by atomic mass is 16.5. The molecule has 0 rings (SSSR count). The number of rotatable bonds is 7. The minimum Gasteiger partial charge on any atom is -0.481 e. The number of hydrogen-bond acceptors (Lipinski definition) is 4. The van der Waals surface area contributed by atoms with Gasteiger partial charge in [0.25, 0.3) is 0 Å². The highest BCUT2D eigenvalue weighted by Gasteiger charge is 2.15. The fourth-order valence-electron chi connectivity index (χ4n) is 1.26. The number of carbonyl (C=O) groups is 2. The lowest BCUT2D eigenvalue weighted by atomic mass is 9.96. The molecule has 0 aromatic carbocycles. The molecule has 0 aliphatic heterocycles. The van der Waals surface area contributed by atoms with E-state index in [1.807, 2.05) is 19.9 Å². The molecule has 0 aliphatic rings. The summed E-state index contributed by atoms with van der Waals surface area (Å²) in [6.07, 6.45) is 0.478. The van der Waals surface area contributed by atoms with Crippen molar-refractivity contribution in [2.45, 2.75) is 33.1 Å². The summed E-state index contributed by atoms with van der Waals surface area (Å²) in [6.45, 7) is 3.81.